The van der Waals surface area contributed by atoms with Gasteiger partial charge in [0.1, 0.15) is 5.82 Å². The van der Waals surface area contributed by atoms with Gasteiger partial charge in [-0.2, -0.15) is 0 Å². The van der Waals surface area contributed by atoms with E-state index in [1.54, 1.807) is 25.5 Å². The van der Waals surface area contributed by atoms with Crippen LogP contribution in [0.25, 0.3) is 5.69 Å². The molecule has 0 spiro atoms. The Labute approximate surface area is 130 Å². The molecule has 1 heterocycles. The van der Waals surface area contributed by atoms with Crippen LogP contribution >= 0.6 is 0 Å². The number of aliphatic imine (C=N–C) groups is 1. The maximum Gasteiger partial charge on any atom is 0.252 e. The largest absolute Gasteiger partial charge is 0.348 e. The standard InChI is InChI=1S/C17H20N4O/c1-4-15(12-18-3)17(22)20-11-14-5-7-16(8-6-14)21-10-9-19-13(21)2/h4-10,12H,11H2,1-3H3,(H,20,22)/b15-4+,18-12?. The molecule has 0 aliphatic heterocycles. The number of rotatable bonds is 5. The zero-order valence-electron chi connectivity index (χ0n) is 13.1. The Bertz CT molecular complexity index is 696. The van der Waals surface area contributed by atoms with Gasteiger partial charge in [-0.25, -0.2) is 4.98 Å². The molecule has 0 saturated heterocycles. The number of aryl methyl sites for hydroxylation is 1. The highest BCUT2D eigenvalue weighted by atomic mass is 16.1. The predicted octanol–water partition coefficient (Wildman–Crippen LogP) is 2.44. The molecule has 0 aliphatic carbocycles. The quantitative estimate of drug-likeness (QED) is 0.680. The molecular weight excluding hydrogens is 276 g/mol. The Hall–Kier alpha value is -2.69. The second kappa shape index (κ2) is 7.36. The van der Waals surface area contributed by atoms with Crippen molar-refractivity contribution in [1.29, 1.82) is 0 Å². The number of imidazole rings is 1. The molecule has 0 aliphatic rings. The summed E-state index contributed by atoms with van der Waals surface area (Å²) in [6.07, 6.45) is 7.00. The molecule has 1 aromatic heterocycles. The lowest BCUT2D eigenvalue weighted by atomic mass is 10.2. The number of carbonyl (C=O) groups excluding carboxylic acids is 1. The summed E-state index contributed by atoms with van der Waals surface area (Å²) < 4.78 is 2.01. The monoisotopic (exact) mass is 296 g/mol. The van der Waals surface area contributed by atoms with E-state index in [1.807, 2.05) is 48.9 Å². The number of nitrogens with one attached hydrogen (secondary N) is 1. The van der Waals surface area contributed by atoms with Gasteiger partial charge in [0.05, 0.1) is 5.57 Å². The van der Waals surface area contributed by atoms with Crippen LogP contribution < -0.4 is 5.32 Å². The molecule has 0 saturated carbocycles. The van der Waals surface area contributed by atoms with Gasteiger partial charge in [0.2, 0.25) is 0 Å². The Morgan fingerprint density at radius 2 is 2.09 bits per heavy atom. The first kappa shape index (κ1) is 15.7. The molecular formula is C17H20N4O. The molecule has 0 atom stereocenters. The van der Waals surface area contributed by atoms with E-state index in [4.69, 9.17) is 0 Å². The van der Waals surface area contributed by atoms with E-state index in [-0.39, 0.29) is 5.91 Å². The van der Waals surface area contributed by atoms with Crippen molar-refractivity contribution in [2.45, 2.75) is 20.4 Å². The smallest absolute Gasteiger partial charge is 0.252 e. The molecule has 0 radical (unpaired) electrons. The summed E-state index contributed by atoms with van der Waals surface area (Å²) in [7, 11) is 1.65. The molecule has 1 amide bonds. The molecule has 2 rings (SSSR count). The number of amides is 1. The van der Waals surface area contributed by atoms with E-state index in [1.165, 1.54) is 0 Å². The van der Waals surface area contributed by atoms with Crippen molar-refractivity contribution < 1.29 is 4.79 Å². The summed E-state index contributed by atoms with van der Waals surface area (Å²) in [6, 6.07) is 8.02. The van der Waals surface area contributed by atoms with Crippen LogP contribution in [0.2, 0.25) is 0 Å². The minimum atomic E-state index is -0.123. The second-order valence-corrected chi connectivity index (χ2v) is 4.82. The van der Waals surface area contributed by atoms with Crippen molar-refractivity contribution in [3.63, 3.8) is 0 Å². The summed E-state index contributed by atoms with van der Waals surface area (Å²) in [6.45, 7) is 4.26. The minimum Gasteiger partial charge on any atom is -0.348 e. The van der Waals surface area contributed by atoms with Gasteiger partial charge in [-0.15, -0.1) is 0 Å². The molecule has 1 aromatic carbocycles. The number of nitrogens with zero attached hydrogens (tertiary/aromatic N) is 3. The number of aromatic nitrogens is 2. The van der Waals surface area contributed by atoms with E-state index in [0.717, 1.165) is 17.1 Å². The van der Waals surface area contributed by atoms with E-state index >= 15 is 0 Å². The highest BCUT2D eigenvalue weighted by Crippen LogP contribution is 2.11. The van der Waals surface area contributed by atoms with Crippen LogP contribution in [0.4, 0.5) is 0 Å². The van der Waals surface area contributed by atoms with E-state index < -0.39 is 0 Å². The average Bonchev–Trinajstić information content (AvgIpc) is 2.97. The fourth-order valence-corrected chi connectivity index (χ4v) is 2.11. The lowest BCUT2D eigenvalue weighted by molar-refractivity contribution is -0.117. The van der Waals surface area contributed by atoms with Crippen LogP contribution in [-0.2, 0) is 11.3 Å². The van der Waals surface area contributed by atoms with Crippen LogP contribution in [0, 0.1) is 6.92 Å². The molecule has 114 valence electrons. The van der Waals surface area contributed by atoms with Crippen LogP contribution in [0.3, 0.4) is 0 Å². The van der Waals surface area contributed by atoms with Gasteiger partial charge in [0.15, 0.2) is 0 Å². The number of hydrogen-bond acceptors (Lipinski definition) is 3. The summed E-state index contributed by atoms with van der Waals surface area (Å²) in [5, 5.41) is 2.88. The predicted molar refractivity (Wildman–Crippen MR) is 88.3 cm³/mol. The lowest BCUT2D eigenvalue weighted by Crippen LogP contribution is -2.25. The van der Waals surface area contributed by atoms with E-state index in [2.05, 4.69) is 15.3 Å². The van der Waals surface area contributed by atoms with Gasteiger partial charge < -0.3 is 9.88 Å². The fraction of sp³-hybridized carbons (Fsp3) is 0.235. The first-order chi connectivity index (χ1) is 10.7. The number of allylic oxidation sites excluding steroid dienone is 1. The van der Waals surface area contributed by atoms with Crippen LogP contribution in [-0.4, -0.2) is 28.7 Å². The van der Waals surface area contributed by atoms with Crippen LogP contribution in [0.15, 0.2) is 53.3 Å². The normalized spacial score (nSPS) is 11.9. The maximum atomic E-state index is 12.0. The van der Waals surface area contributed by atoms with Crippen molar-refractivity contribution >= 4 is 12.1 Å². The summed E-state index contributed by atoms with van der Waals surface area (Å²) in [5.41, 5.74) is 2.66. The maximum absolute atomic E-state index is 12.0. The fourth-order valence-electron chi connectivity index (χ4n) is 2.11. The van der Waals surface area contributed by atoms with Gasteiger partial charge in [0, 0.05) is 37.9 Å². The van der Waals surface area contributed by atoms with Crippen molar-refractivity contribution in [1.82, 2.24) is 14.9 Å². The number of carbonyl (C=O) groups is 1. The van der Waals surface area contributed by atoms with Gasteiger partial charge in [0.25, 0.3) is 5.91 Å². The minimum absolute atomic E-state index is 0.123. The zero-order chi connectivity index (χ0) is 15.9. The molecule has 0 bridgehead atoms. The summed E-state index contributed by atoms with van der Waals surface area (Å²) in [5.74, 6) is 0.820. The Balaban J connectivity index is 2.00. The average molecular weight is 296 g/mol. The molecule has 22 heavy (non-hydrogen) atoms. The summed E-state index contributed by atoms with van der Waals surface area (Å²) >= 11 is 0. The van der Waals surface area contributed by atoms with Crippen LogP contribution in [0.1, 0.15) is 18.3 Å². The first-order valence-electron chi connectivity index (χ1n) is 7.11. The first-order valence-corrected chi connectivity index (χ1v) is 7.11. The zero-order valence-corrected chi connectivity index (χ0v) is 13.1. The van der Waals surface area contributed by atoms with Crippen molar-refractivity contribution in [3.05, 3.63) is 59.7 Å². The molecule has 0 unspecified atom stereocenters. The Morgan fingerprint density at radius 1 is 1.36 bits per heavy atom. The molecule has 5 heteroatoms. The molecule has 1 N–H and O–H groups in total. The third kappa shape index (κ3) is 3.69. The molecule has 2 aromatic rings. The van der Waals surface area contributed by atoms with Gasteiger partial charge in [-0.3, -0.25) is 9.79 Å². The molecule has 0 fully saturated rings. The van der Waals surface area contributed by atoms with Crippen molar-refractivity contribution in [2.24, 2.45) is 4.99 Å². The van der Waals surface area contributed by atoms with Crippen LogP contribution in [0.5, 0.6) is 0 Å². The SMILES string of the molecule is C/C=C(\C=NC)C(=O)NCc1ccc(-n2ccnc2C)cc1. The highest BCUT2D eigenvalue weighted by molar-refractivity contribution is 6.11. The number of hydrogen-bond donors (Lipinski definition) is 1. The molecule has 5 nitrogen and oxygen atoms in total. The Kier molecular flexibility index (Phi) is 5.25. The van der Waals surface area contributed by atoms with Gasteiger partial charge in [-0.1, -0.05) is 18.2 Å². The van der Waals surface area contributed by atoms with Crippen molar-refractivity contribution in [3.8, 4) is 5.69 Å². The highest BCUT2D eigenvalue weighted by Gasteiger charge is 2.06. The third-order valence-electron chi connectivity index (χ3n) is 3.33. The topological polar surface area (TPSA) is 59.3 Å². The van der Waals surface area contributed by atoms with E-state index in [0.29, 0.717) is 12.1 Å². The van der Waals surface area contributed by atoms with E-state index in [9.17, 15) is 4.79 Å². The lowest BCUT2D eigenvalue weighted by Gasteiger charge is -2.08. The van der Waals surface area contributed by atoms with Gasteiger partial charge in [-0.05, 0) is 31.5 Å². The summed E-state index contributed by atoms with van der Waals surface area (Å²) in [4.78, 5) is 20.0. The third-order valence-corrected chi connectivity index (χ3v) is 3.33. The second-order valence-electron chi connectivity index (χ2n) is 4.82. The van der Waals surface area contributed by atoms with Gasteiger partial charge >= 0.3 is 0 Å². The van der Waals surface area contributed by atoms with Crippen molar-refractivity contribution in [2.75, 3.05) is 7.05 Å². The number of benzene rings is 1. The Morgan fingerprint density at radius 3 is 2.64 bits per heavy atom.